The van der Waals surface area contributed by atoms with Crippen molar-refractivity contribution in [2.24, 2.45) is 5.92 Å². The second kappa shape index (κ2) is 8.91. The van der Waals surface area contributed by atoms with E-state index in [2.05, 4.69) is 5.32 Å². The van der Waals surface area contributed by atoms with E-state index in [4.69, 9.17) is 4.74 Å². The largest absolute Gasteiger partial charge is 0.465 e. The van der Waals surface area contributed by atoms with Crippen molar-refractivity contribution in [3.8, 4) is 0 Å². The van der Waals surface area contributed by atoms with Gasteiger partial charge in [0, 0.05) is 18.5 Å². The Hall–Kier alpha value is -1.10. The predicted molar refractivity (Wildman–Crippen MR) is 71.2 cm³/mol. The standard InChI is InChI=1S/C13H26N2O3/c1-6-14-8-11(5)13(17)15(10(3)4)9-12(16)18-7-2/h10-11,14H,6-9H2,1-5H3. The summed E-state index contributed by atoms with van der Waals surface area (Å²) in [6, 6.07) is -0.00835. The summed E-state index contributed by atoms with van der Waals surface area (Å²) in [7, 11) is 0. The minimum atomic E-state index is -0.352. The number of rotatable bonds is 8. The molecular weight excluding hydrogens is 232 g/mol. The molecule has 0 fully saturated rings. The minimum absolute atomic E-state index is 0.00835. The average Bonchev–Trinajstić information content (AvgIpc) is 2.32. The van der Waals surface area contributed by atoms with Gasteiger partial charge in [0.1, 0.15) is 6.54 Å². The van der Waals surface area contributed by atoms with Gasteiger partial charge in [0.2, 0.25) is 5.91 Å². The lowest BCUT2D eigenvalue weighted by atomic mass is 10.1. The molecule has 0 heterocycles. The number of carbonyl (C=O) groups is 2. The van der Waals surface area contributed by atoms with Crippen LogP contribution < -0.4 is 5.32 Å². The maximum atomic E-state index is 12.2. The van der Waals surface area contributed by atoms with Crippen LogP contribution in [0.15, 0.2) is 0 Å². The lowest BCUT2D eigenvalue weighted by Crippen LogP contribution is -2.45. The van der Waals surface area contributed by atoms with E-state index in [1.54, 1.807) is 11.8 Å². The van der Waals surface area contributed by atoms with Crippen LogP contribution in [-0.2, 0) is 14.3 Å². The molecule has 18 heavy (non-hydrogen) atoms. The van der Waals surface area contributed by atoms with Gasteiger partial charge in [-0.3, -0.25) is 9.59 Å². The Bertz CT molecular complexity index is 267. The molecule has 0 aromatic carbocycles. The van der Waals surface area contributed by atoms with Crippen LogP contribution in [0.1, 0.15) is 34.6 Å². The third kappa shape index (κ3) is 6.00. The number of carbonyl (C=O) groups excluding carboxylic acids is 2. The first-order valence-electron chi connectivity index (χ1n) is 6.60. The summed E-state index contributed by atoms with van der Waals surface area (Å²) in [5.74, 6) is -0.504. The molecule has 1 unspecified atom stereocenters. The topological polar surface area (TPSA) is 58.6 Å². The van der Waals surface area contributed by atoms with Gasteiger partial charge in [-0.15, -0.1) is 0 Å². The summed E-state index contributed by atoms with van der Waals surface area (Å²) in [6.45, 7) is 11.2. The zero-order valence-corrected chi connectivity index (χ0v) is 12.2. The van der Waals surface area contributed by atoms with Crippen LogP contribution in [-0.4, -0.2) is 49.1 Å². The molecule has 5 nitrogen and oxygen atoms in total. The normalized spacial score (nSPS) is 12.3. The van der Waals surface area contributed by atoms with Gasteiger partial charge in [-0.2, -0.15) is 0 Å². The van der Waals surface area contributed by atoms with Crippen LogP contribution in [0.4, 0.5) is 0 Å². The third-order valence-electron chi connectivity index (χ3n) is 2.63. The van der Waals surface area contributed by atoms with Crippen LogP contribution in [0.3, 0.4) is 0 Å². The summed E-state index contributed by atoms with van der Waals surface area (Å²) in [5.41, 5.74) is 0. The van der Waals surface area contributed by atoms with Crippen molar-refractivity contribution in [1.82, 2.24) is 10.2 Å². The molecule has 0 saturated heterocycles. The molecule has 0 spiro atoms. The summed E-state index contributed by atoms with van der Waals surface area (Å²) in [5, 5.41) is 3.14. The summed E-state index contributed by atoms with van der Waals surface area (Å²) >= 11 is 0. The van der Waals surface area contributed by atoms with E-state index in [9.17, 15) is 9.59 Å². The third-order valence-corrected chi connectivity index (χ3v) is 2.63. The van der Waals surface area contributed by atoms with Gasteiger partial charge in [-0.1, -0.05) is 13.8 Å². The Kier molecular flexibility index (Phi) is 8.37. The number of amides is 1. The molecule has 0 aliphatic carbocycles. The van der Waals surface area contributed by atoms with Crippen molar-refractivity contribution in [3.63, 3.8) is 0 Å². The van der Waals surface area contributed by atoms with E-state index in [0.717, 1.165) is 6.54 Å². The molecule has 106 valence electrons. The number of esters is 1. The molecule has 0 rings (SSSR count). The lowest BCUT2D eigenvalue weighted by molar-refractivity contribution is -0.151. The molecule has 0 bridgehead atoms. The second-order valence-corrected chi connectivity index (χ2v) is 4.57. The highest BCUT2D eigenvalue weighted by atomic mass is 16.5. The van der Waals surface area contributed by atoms with Crippen LogP contribution in [0.2, 0.25) is 0 Å². The minimum Gasteiger partial charge on any atom is -0.465 e. The van der Waals surface area contributed by atoms with Gasteiger partial charge in [-0.25, -0.2) is 0 Å². The van der Waals surface area contributed by atoms with Gasteiger partial charge < -0.3 is 15.0 Å². The van der Waals surface area contributed by atoms with E-state index < -0.39 is 0 Å². The molecule has 0 aromatic rings. The quantitative estimate of drug-likeness (QED) is 0.661. The number of hydrogen-bond acceptors (Lipinski definition) is 4. The van der Waals surface area contributed by atoms with Crippen molar-refractivity contribution in [2.45, 2.75) is 40.7 Å². The van der Waals surface area contributed by atoms with E-state index in [1.807, 2.05) is 27.7 Å². The first-order chi connectivity index (χ1) is 8.43. The molecule has 0 saturated carbocycles. The fraction of sp³-hybridized carbons (Fsp3) is 0.846. The fourth-order valence-corrected chi connectivity index (χ4v) is 1.59. The highest BCUT2D eigenvalue weighted by Gasteiger charge is 2.24. The van der Waals surface area contributed by atoms with E-state index >= 15 is 0 Å². The van der Waals surface area contributed by atoms with Gasteiger partial charge >= 0.3 is 5.97 Å². The lowest BCUT2D eigenvalue weighted by Gasteiger charge is -2.28. The summed E-state index contributed by atoms with van der Waals surface area (Å²) in [6.07, 6.45) is 0. The van der Waals surface area contributed by atoms with Crippen LogP contribution in [0.25, 0.3) is 0 Å². The second-order valence-electron chi connectivity index (χ2n) is 4.57. The summed E-state index contributed by atoms with van der Waals surface area (Å²) < 4.78 is 4.89. The maximum Gasteiger partial charge on any atom is 0.325 e. The molecule has 5 heteroatoms. The van der Waals surface area contributed by atoms with Gasteiger partial charge in [-0.05, 0) is 27.3 Å². The highest BCUT2D eigenvalue weighted by Crippen LogP contribution is 2.07. The number of nitrogens with one attached hydrogen (secondary N) is 1. The number of hydrogen-bond donors (Lipinski definition) is 1. The van der Waals surface area contributed by atoms with Crippen molar-refractivity contribution >= 4 is 11.9 Å². The van der Waals surface area contributed by atoms with Gasteiger partial charge in [0.15, 0.2) is 0 Å². The Labute approximate surface area is 110 Å². The van der Waals surface area contributed by atoms with Crippen LogP contribution >= 0.6 is 0 Å². The number of ether oxygens (including phenoxy) is 1. The zero-order valence-electron chi connectivity index (χ0n) is 12.2. The molecule has 0 radical (unpaired) electrons. The molecule has 1 atom stereocenters. The number of nitrogens with zero attached hydrogens (tertiary/aromatic N) is 1. The Morgan fingerprint density at radius 1 is 1.22 bits per heavy atom. The molecule has 1 amide bonds. The Morgan fingerprint density at radius 3 is 2.28 bits per heavy atom. The van der Waals surface area contributed by atoms with Crippen molar-refractivity contribution in [1.29, 1.82) is 0 Å². The predicted octanol–water partition coefficient (Wildman–Crippen LogP) is 1.03. The molecule has 0 aliphatic heterocycles. The van der Waals surface area contributed by atoms with Crippen LogP contribution in [0.5, 0.6) is 0 Å². The first kappa shape index (κ1) is 16.9. The van der Waals surface area contributed by atoms with E-state index in [0.29, 0.717) is 13.2 Å². The van der Waals surface area contributed by atoms with E-state index in [1.165, 1.54) is 0 Å². The average molecular weight is 258 g/mol. The van der Waals surface area contributed by atoms with Gasteiger partial charge in [0.25, 0.3) is 0 Å². The van der Waals surface area contributed by atoms with Crippen molar-refractivity contribution in [3.05, 3.63) is 0 Å². The molecular formula is C13H26N2O3. The van der Waals surface area contributed by atoms with E-state index in [-0.39, 0.29) is 30.4 Å². The SMILES string of the molecule is CCNCC(C)C(=O)N(CC(=O)OCC)C(C)C. The molecule has 0 aromatic heterocycles. The van der Waals surface area contributed by atoms with Gasteiger partial charge in [0.05, 0.1) is 6.61 Å². The molecule has 0 aliphatic rings. The molecule has 1 N–H and O–H groups in total. The summed E-state index contributed by atoms with van der Waals surface area (Å²) in [4.78, 5) is 25.2. The van der Waals surface area contributed by atoms with Crippen LogP contribution in [0, 0.1) is 5.92 Å². The Morgan fingerprint density at radius 2 is 1.83 bits per heavy atom. The van der Waals surface area contributed by atoms with Crippen molar-refractivity contribution in [2.75, 3.05) is 26.2 Å². The first-order valence-corrected chi connectivity index (χ1v) is 6.60. The maximum absolute atomic E-state index is 12.2. The van der Waals surface area contributed by atoms with Crippen molar-refractivity contribution < 1.29 is 14.3 Å². The highest BCUT2D eigenvalue weighted by molar-refractivity contribution is 5.83. The zero-order chi connectivity index (χ0) is 14.1. The smallest absolute Gasteiger partial charge is 0.325 e. The Balaban J connectivity index is 4.48. The fourth-order valence-electron chi connectivity index (χ4n) is 1.59. The monoisotopic (exact) mass is 258 g/mol.